The largest absolute Gasteiger partial charge is 0.354 e. The van der Waals surface area contributed by atoms with Crippen LogP contribution in [0.1, 0.15) is 16.7 Å². The summed E-state index contributed by atoms with van der Waals surface area (Å²) in [6.07, 6.45) is 0. The highest BCUT2D eigenvalue weighted by atomic mass is 32.2. The number of carbonyl (C=O) groups is 2. The van der Waals surface area contributed by atoms with Gasteiger partial charge in [0.1, 0.15) is 6.54 Å². The predicted molar refractivity (Wildman–Crippen MR) is 169 cm³/mol. The highest BCUT2D eigenvalue weighted by molar-refractivity contribution is 7.92. The van der Waals surface area contributed by atoms with E-state index in [0.29, 0.717) is 28.2 Å². The van der Waals surface area contributed by atoms with Gasteiger partial charge >= 0.3 is 0 Å². The number of anilines is 3. The molecule has 0 radical (unpaired) electrons. The number of hydrogen-bond acceptors (Lipinski definition) is 7. The normalized spacial score (nSPS) is 13.5. The molecule has 0 atom stereocenters. The Morgan fingerprint density at radius 2 is 1.59 bits per heavy atom. The van der Waals surface area contributed by atoms with Crippen molar-refractivity contribution in [1.82, 2.24) is 4.90 Å². The van der Waals surface area contributed by atoms with Crippen LogP contribution >= 0.6 is 0 Å². The van der Waals surface area contributed by atoms with Crippen LogP contribution in [-0.2, 0) is 19.6 Å². The molecule has 11 nitrogen and oxygen atoms in total. The van der Waals surface area contributed by atoms with Crippen LogP contribution < -0.4 is 14.9 Å². The summed E-state index contributed by atoms with van der Waals surface area (Å²) in [4.78, 5) is 38.2. The zero-order valence-electron chi connectivity index (χ0n) is 24.1. The van der Waals surface area contributed by atoms with E-state index in [0.717, 1.165) is 9.87 Å². The van der Waals surface area contributed by atoms with Gasteiger partial charge in [-0.1, -0.05) is 48.0 Å². The molecular weight excluding hydrogens is 582 g/mol. The van der Waals surface area contributed by atoms with Gasteiger partial charge in [-0.05, 0) is 55.0 Å². The van der Waals surface area contributed by atoms with Crippen molar-refractivity contribution >= 4 is 55.9 Å². The number of carbonyl (C=O) groups excluding carboxylic acids is 2. The second-order valence-electron chi connectivity index (χ2n) is 10.3. The molecule has 4 aromatic rings. The van der Waals surface area contributed by atoms with Crippen LogP contribution in [0.3, 0.4) is 0 Å². The zero-order chi connectivity index (χ0) is 31.6. The fourth-order valence-electron chi connectivity index (χ4n) is 4.67. The number of nitro groups is 1. The summed E-state index contributed by atoms with van der Waals surface area (Å²) in [6, 6.07) is 26.0. The van der Waals surface area contributed by atoms with E-state index >= 15 is 0 Å². The first-order valence-electron chi connectivity index (χ1n) is 13.5. The topological polar surface area (TPSA) is 142 Å². The summed E-state index contributed by atoms with van der Waals surface area (Å²) in [5, 5.41) is 17.5. The van der Waals surface area contributed by atoms with Gasteiger partial charge in [-0.15, -0.1) is 0 Å². The number of aryl methyl sites for hydroxylation is 1. The Labute approximate surface area is 254 Å². The van der Waals surface area contributed by atoms with Gasteiger partial charge in [0.05, 0.1) is 26.8 Å². The number of fused-ring (bicyclic) bond motifs is 1. The van der Waals surface area contributed by atoms with Crippen molar-refractivity contribution in [2.24, 2.45) is 0 Å². The summed E-state index contributed by atoms with van der Waals surface area (Å²) in [7, 11) is -0.991. The molecule has 0 bridgehead atoms. The molecule has 0 fully saturated rings. The molecule has 2 amide bonds. The van der Waals surface area contributed by atoms with Gasteiger partial charge in [0, 0.05) is 43.2 Å². The Bertz CT molecular complexity index is 1890. The average Bonchev–Trinajstić information content (AvgIpc) is 3.34. The number of nitrogens with one attached hydrogen (secondary N) is 2. The van der Waals surface area contributed by atoms with Gasteiger partial charge in [0.15, 0.2) is 0 Å². The lowest BCUT2D eigenvalue weighted by Crippen LogP contribution is -2.40. The van der Waals surface area contributed by atoms with Gasteiger partial charge in [0.25, 0.3) is 21.6 Å². The van der Waals surface area contributed by atoms with Crippen molar-refractivity contribution < 1.29 is 22.9 Å². The number of rotatable bonds is 9. The molecule has 0 saturated heterocycles. The molecule has 44 heavy (non-hydrogen) atoms. The minimum Gasteiger partial charge on any atom is -0.354 e. The number of benzene rings is 4. The molecule has 4 aromatic carbocycles. The highest BCUT2D eigenvalue weighted by Crippen LogP contribution is 2.39. The maximum atomic E-state index is 13.7. The van der Waals surface area contributed by atoms with Crippen molar-refractivity contribution in [2.45, 2.75) is 11.8 Å². The molecule has 5 rings (SSSR count). The van der Waals surface area contributed by atoms with Crippen LogP contribution in [0.4, 0.5) is 22.7 Å². The first-order valence-corrected chi connectivity index (χ1v) is 15.0. The molecule has 0 aliphatic carbocycles. The fourth-order valence-corrected chi connectivity index (χ4v) is 6.09. The summed E-state index contributed by atoms with van der Waals surface area (Å²) in [5.41, 5.74) is 3.62. The Kier molecular flexibility index (Phi) is 8.19. The van der Waals surface area contributed by atoms with Crippen molar-refractivity contribution in [2.75, 3.05) is 35.6 Å². The smallest absolute Gasteiger partial charge is 0.270 e. The Morgan fingerprint density at radius 1 is 0.932 bits per heavy atom. The van der Waals surface area contributed by atoms with Crippen LogP contribution in [0.5, 0.6) is 0 Å². The molecule has 0 spiro atoms. The molecule has 1 aliphatic heterocycles. The average molecular weight is 612 g/mol. The van der Waals surface area contributed by atoms with Crippen molar-refractivity contribution in [3.63, 3.8) is 0 Å². The number of likely N-dealkylation sites (N-methyl/N-ethyl adjacent to an activating group) is 1. The number of non-ortho nitro benzene ring substituents is 1. The number of hydrogen-bond donors (Lipinski definition) is 2. The maximum absolute atomic E-state index is 13.7. The van der Waals surface area contributed by atoms with E-state index in [-0.39, 0.29) is 21.8 Å². The third kappa shape index (κ3) is 6.01. The molecule has 1 heterocycles. The lowest BCUT2D eigenvalue weighted by Gasteiger charge is -2.26. The van der Waals surface area contributed by atoms with E-state index in [1.54, 1.807) is 74.8 Å². The molecule has 0 aromatic heterocycles. The van der Waals surface area contributed by atoms with Gasteiger partial charge in [0.2, 0.25) is 5.91 Å². The lowest BCUT2D eigenvalue weighted by atomic mass is 9.99. The molecular formula is C32H29N5O6S. The molecule has 224 valence electrons. The minimum absolute atomic E-state index is 0.0490. The van der Waals surface area contributed by atoms with Crippen LogP contribution in [0, 0.1) is 17.0 Å². The maximum Gasteiger partial charge on any atom is 0.270 e. The highest BCUT2D eigenvalue weighted by Gasteiger charge is 2.31. The van der Waals surface area contributed by atoms with Crippen molar-refractivity contribution in [3.05, 3.63) is 124 Å². The van der Waals surface area contributed by atoms with Gasteiger partial charge in [-0.3, -0.25) is 24.0 Å². The number of sulfonamides is 1. The second kappa shape index (κ2) is 12.0. The van der Waals surface area contributed by atoms with Crippen molar-refractivity contribution in [1.29, 1.82) is 0 Å². The zero-order valence-corrected chi connectivity index (χ0v) is 25.0. The summed E-state index contributed by atoms with van der Waals surface area (Å²) >= 11 is 0. The standard InChI is InChI=1S/C32H29N5O6S/c1-21-9-16-26(17-10-21)44(42,43)36(20-29(38)35(2)3)24-13-11-23(12-14-24)33-31(22-7-5-4-6-8-22)30-27-19-25(37(40)41)15-18-28(27)34-32(30)39/h4-19,33H,20H2,1-3H3,(H,34,39)/b31-30-. The Balaban J connectivity index is 1.56. The van der Waals surface area contributed by atoms with E-state index in [1.165, 1.54) is 35.2 Å². The molecule has 2 N–H and O–H groups in total. The molecule has 1 aliphatic rings. The quantitative estimate of drug-likeness (QED) is 0.152. The van der Waals surface area contributed by atoms with Crippen LogP contribution in [0.25, 0.3) is 11.3 Å². The molecule has 0 saturated carbocycles. The van der Waals surface area contributed by atoms with E-state index < -0.39 is 33.3 Å². The molecule has 12 heteroatoms. The van der Waals surface area contributed by atoms with Crippen LogP contribution in [0.15, 0.2) is 102 Å². The van der Waals surface area contributed by atoms with Crippen LogP contribution in [-0.4, -0.2) is 50.7 Å². The number of amides is 2. The molecule has 0 unspecified atom stereocenters. The third-order valence-corrected chi connectivity index (χ3v) is 8.87. The Hall–Kier alpha value is -5.49. The first-order chi connectivity index (χ1) is 21.0. The Morgan fingerprint density at radius 3 is 2.20 bits per heavy atom. The number of nitrogens with zero attached hydrogens (tertiary/aromatic N) is 3. The van der Waals surface area contributed by atoms with E-state index in [1.807, 2.05) is 13.0 Å². The summed E-state index contributed by atoms with van der Waals surface area (Å²) < 4.78 is 28.4. The van der Waals surface area contributed by atoms with E-state index in [4.69, 9.17) is 0 Å². The van der Waals surface area contributed by atoms with Gasteiger partial charge < -0.3 is 15.5 Å². The summed E-state index contributed by atoms with van der Waals surface area (Å²) in [6.45, 7) is 1.44. The SMILES string of the molecule is Cc1ccc(S(=O)(=O)N(CC(=O)N(C)C)c2ccc(N/C(=C3\C(=O)Nc4ccc([N+](=O)[O-])cc43)c3ccccc3)cc2)cc1. The van der Waals surface area contributed by atoms with E-state index in [2.05, 4.69) is 10.6 Å². The van der Waals surface area contributed by atoms with E-state index in [9.17, 15) is 28.1 Å². The van der Waals surface area contributed by atoms with Crippen LogP contribution in [0.2, 0.25) is 0 Å². The van der Waals surface area contributed by atoms with Gasteiger partial charge in [-0.25, -0.2) is 8.42 Å². The number of nitro benzene ring substituents is 1. The monoisotopic (exact) mass is 611 g/mol. The predicted octanol–water partition coefficient (Wildman–Crippen LogP) is 5.12. The van der Waals surface area contributed by atoms with Gasteiger partial charge in [-0.2, -0.15) is 0 Å². The lowest BCUT2D eigenvalue weighted by molar-refractivity contribution is -0.384. The van der Waals surface area contributed by atoms with Crippen molar-refractivity contribution in [3.8, 4) is 0 Å². The summed E-state index contributed by atoms with van der Waals surface area (Å²) in [5.74, 6) is -0.833. The third-order valence-electron chi connectivity index (χ3n) is 7.08. The fraction of sp³-hybridized carbons (Fsp3) is 0.125. The minimum atomic E-state index is -4.10. The first kappa shape index (κ1) is 30.0. The second-order valence-corrected chi connectivity index (χ2v) is 12.2.